The van der Waals surface area contributed by atoms with Crippen LogP contribution in [0.5, 0.6) is 0 Å². The smallest absolute Gasteiger partial charge is 0.267 e. The van der Waals surface area contributed by atoms with Crippen LogP contribution in [-0.4, -0.2) is 26.1 Å². The third-order valence-electron chi connectivity index (χ3n) is 3.52. The fourth-order valence-electron chi connectivity index (χ4n) is 2.22. The van der Waals surface area contributed by atoms with Crippen molar-refractivity contribution in [2.75, 3.05) is 0 Å². The molecule has 0 saturated carbocycles. The number of hydrazine groups is 1. The van der Waals surface area contributed by atoms with E-state index in [1.54, 1.807) is 6.07 Å². The zero-order valence-electron chi connectivity index (χ0n) is 13.4. The first-order valence-corrected chi connectivity index (χ1v) is 8.67. The summed E-state index contributed by atoms with van der Waals surface area (Å²) in [7, 11) is 0. The molecular weight excluding hydrogens is 393 g/mol. The Labute approximate surface area is 162 Å². The van der Waals surface area contributed by atoms with Crippen molar-refractivity contribution in [1.29, 1.82) is 0 Å². The molecule has 0 radical (unpaired) electrons. The lowest BCUT2D eigenvalue weighted by molar-refractivity contribution is -0.384. The number of hydrogen-bond acceptors (Lipinski definition) is 6. The topological polar surface area (TPSA) is 92.6 Å². The van der Waals surface area contributed by atoms with Crippen LogP contribution in [0.2, 0.25) is 0 Å². The van der Waals surface area contributed by atoms with E-state index in [4.69, 9.17) is 12.2 Å². The molecule has 1 aliphatic rings. The normalized spacial score (nSPS) is 15.3. The van der Waals surface area contributed by atoms with E-state index in [9.17, 15) is 24.1 Å². The molecule has 0 bridgehead atoms. The van der Waals surface area contributed by atoms with Crippen LogP contribution < -0.4 is 5.43 Å². The number of nitro benzene ring substituents is 1. The summed E-state index contributed by atoms with van der Waals surface area (Å²) in [6.45, 7) is 0. The molecule has 10 heteroatoms. The SMILES string of the molecule is O=C(NN1C(=O)/C(=C\c2ccccc2F)SC1=S)c1cccc([N+](=O)[O-])c1. The van der Waals surface area contributed by atoms with Gasteiger partial charge in [-0.1, -0.05) is 36.0 Å². The van der Waals surface area contributed by atoms with Crippen molar-refractivity contribution in [3.63, 3.8) is 0 Å². The first-order valence-electron chi connectivity index (χ1n) is 7.45. The monoisotopic (exact) mass is 403 g/mol. The molecule has 1 fully saturated rings. The Kier molecular flexibility index (Phi) is 5.28. The molecule has 2 aromatic rings. The minimum absolute atomic E-state index is 0.00339. The van der Waals surface area contributed by atoms with Gasteiger partial charge in [-0.15, -0.1) is 0 Å². The molecule has 3 rings (SSSR count). The van der Waals surface area contributed by atoms with Gasteiger partial charge in [0.2, 0.25) is 0 Å². The molecule has 0 unspecified atom stereocenters. The Morgan fingerprint density at radius 1 is 1.26 bits per heavy atom. The Morgan fingerprint density at radius 2 is 2.00 bits per heavy atom. The maximum absolute atomic E-state index is 13.8. The van der Waals surface area contributed by atoms with Gasteiger partial charge in [-0.25, -0.2) is 4.39 Å². The van der Waals surface area contributed by atoms with Gasteiger partial charge in [0, 0.05) is 23.3 Å². The maximum Gasteiger partial charge on any atom is 0.285 e. The molecular formula is C17H10FN3O4S2. The van der Waals surface area contributed by atoms with Gasteiger partial charge in [-0.05, 0) is 30.4 Å². The molecule has 7 nitrogen and oxygen atoms in total. The highest BCUT2D eigenvalue weighted by Gasteiger charge is 2.34. The zero-order valence-corrected chi connectivity index (χ0v) is 15.1. The number of rotatable bonds is 4. The lowest BCUT2D eigenvalue weighted by Crippen LogP contribution is -2.44. The number of thiocarbonyl (C=S) groups is 1. The van der Waals surface area contributed by atoms with Gasteiger partial charge in [0.15, 0.2) is 4.32 Å². The van der Waals surface area contributed by atoms with E-state index in [0.29, 0.717) is 0 Å². The molecule has 0 spiro atoms. The van der Waals surface area contributed by atoms with Gasteiger partial charge < -0.3 is 0 Å². The van der Waals surface area contributed by atoms with E-state index in [0.717, 1.165) is 22.8 Å². The van der Waals surface area contributed by atoms with Crippen molar-refractivity contribution >= 4 is 51.9 Å². The van der Waals surface area contributed by atoms with E-state index in [1.165, 1.54) is 42.5 Å². The van der Waals surface area contributed by atoms with Crippen molar-refractivity contribution in [3.8, 4) is 0 Å². The van der Waals surface area contributed by atoms with Crippen LogP contribution in [-0.2, 0) is 4.79 Å². The average Bonchev–Trinajstić information content (AvgIpc) is 2.91. The third kappa shape index (κ3) is 4.01. The quantitative estimate of drug-likeness (QED) is 0.365. The second kappa shape index (κ2) is 7.64. The number of nitrogens with zero attached hydrogens (tertiary/aromatic N) is 2. The molecule has 1 aliphatic heterocycles. The molecule has 136 valence electrons. The highest BCUT2D eigenvalue weighted by Crippen LogP contribution is 2.32. The minimum atomic E-state index is -0.734. The predicted octanol–water partition coefficient (Wildman–Crippen LogP) is 3.28. The number of nitro groups is 1. The Balaban J connectivity index is 1.80. The summed E-state index contributed by atoms with van der Waals surface area (Å²) in [6, 6.07) is 11.0. The molecule has 27 heavy (non-hydrogen) atoms. The number of amides is 2. The van der Waals surface area contributed by atoms with Crippen LogP contribution in [0.15, 0.2) is 53.4 Å². The van der Waals surface area contributed by atoms with Crippen molar-refractivity contribution in [1.82, 2.24) is 10.4 Å². The predicted molar refractivity (Wildman–Crippen MR) is 102 cm³/mol. The van der Waals surface area contributed by atoms with Crippen molar-refractivity contribution in [3.05, 3.63) is 80.5 Å². The van der Waals surface area contributed by atoms with E-state index in [2.05, 4.69) is 5.43 Å². The number of benzene rings is 2. The van der Waals surface area contributed by atoms with Crippen molar-refractivity contribution in [2.24, 2.45) is 0 Å². The largest absolute Gasteiger partial charge is 0.285 e. The van der Waals surface area contributed by atoms with Gasteiger partial charge in [-0.2, -0.15) is 5.01 Å². The summed E-state index contributed by atoms with van der Waals surface area (Å²) < 4.78 is 13.8. The lowest BCUT2D eigenvalue weighted by Gasteiger charge is -2.15. The molecule has 2 aromatic carbocycles. The van der Waals surface area contributed by atoms with Crippen molar-refractivity contribution < 1.29 is 18.9 Å². The van der Waals surface area contributed by atoms with E-state index in [-0.39, 0.29) is 26.0 Å². The second-order valence-corrected chi connectivity index (χ2v) is 6.96. The van der Waals surface area contributed by atoms with E-state index >= 15 is 0 Å². The summed E-state index contributed by atoms with van der Waals surface area (Å²) in [5.41, 5.74) is 2.27. The van der Waals surface area contributed by atoms with Gasteiger partial charge in [0.25, 0.3) is 17.5 Å². The van der Waals surface area contributed by atoms with Crippen LogP contribution in [0.25, 0.3) is 6.08 Å². The summed E-state index contributed by atoms with van der Waals surface area (Å²) in [5.74, 6) is -1.85. The van der Waals surface area contributed by atoms with Crippen LogP contribution in [0.3, 0.4) is 0 Å². The van der Waals surface area contributed by atoms with Crippen LogP contribution in [0.1, 0.15) is 15.9 Å². The van der Waals surface area contributed by atoms with Crippen LogP contribution in [0.4, 0.5) is 10.1 Å². The molecule has 0 aromatic heterocycles. The van der Waals surface area contributed by atoms with Crippen molar-refractivity contribution in [2.45, 2.75) is 0 Å². The first-order chi connectivity index (χ1) is 12.9. The summed E-state index contributed by atoms with van der Waals surface area (Å²) in [6.07, 6.45) is 1.34. The molecule has 1 heterocycles. The molecule has 1 saturated heterocycles. The van der Waals surface area contributed by atoms with Crippen LogP contribution >= 0.6 is 24.0 Å². The minimum Gasteiger partial charge on any atom is -0.267 e. The number of carbonyl (C=O) groups is 2. The van der Waals surface area contributed by atoms with Gasteiger partial charge >= 0.3 is 0 Å². The molecule has 0 atom stereocenters. The maximum atomic E-state index is 13.8. The van der Waals surface area contributed by atoms with Gasteiger partial charge in [0.1, 0.15) is 5.82 Å². The third-order valence-corrected chi connectivity index (χ3v) is 4.82. The molecule has 0 aliphatic carbocycles. The number of carbonyl (C=O) groups excluding carboxylic acids is 2. The number of hydrogen-bond donors (Lipinski definition) is 1. The molecule has 2 amide bonds. The highest BCUT2D eigenvalue weighted by atomic mass is 32.2. The van der Waals surface area contributed by atoms with E-state index in [1.807, 2.05) is 0 Å². The lowest BCUT2D eigenvalue weighted by atomic mass is 10.2. The van der Waals surface area contributed by atoms with E-state index < -0.39 is 22.6 Å². The Hall–Kier alpha value is -3.11. The number of halogens is 1. The second-order valence-electron chi connectivity index (χ2n) is 5.29. The van der Waals surface area contributed by atoms with Gasteiger partial charge in [0.05, 0.1) is 9.83 Å². The Bertz CT molecular complexity index is 1010. The van der Waals surface area contributed by atoms with Crippen LogP contribution in [0, 0.1) is 15.9 Å². The summed E-state index contributed by atoms with van der Waals surface area (Å²) in [4.78, 5) is 35.1. The first kappa shape index (κ1) is 18.7. The summed E-state index contributed by atoms with van der Waals surface area (Å²) >= 11 is 6.00. The van der Waals surface area contributed by atoms with Gasteiger partial charge in [-0.3, -0.25) is 25.1 Å². The zero-order chi connectivity index (χ0) is 19.6. The average molecular weight is 403 g/mol. The number of thioether (sulfide) groups is 1. The highest BCUT2D eigenvalue weighted by molar-refractivity contribution is 8.26. The fraction of sp³-hybridized carbons (Fsp3) is 0. The number of non-ortho nitro benzene ring substituents is 1. The standard InChI is InChI=1S/C17H10FN3O4S2/c18-13-7-2-1-4-10(13)9-14-16(23)20(17(26)27-14)19-15(22)11-5-3-6-12(8-11)21(24)25/h1-9H,(H,19,22)/b14-9+. The Morgan fingerprint density at radius 3 is 2.70 bits per heavy atom. The molecule has 1 N–H and O–H groups in total. The number of nitrogens with one attached hydrogen (secondary N) is 1. The fourth-order valence-corrected chi connectivity index (χ4v) is 3.39. The summed E-state index contributed by atoms with van der Waals surface area (Å²) in [5, 5.41) is 11.7.